The summed E-state index contributed by atoms with van der Waals surface area (Å²) in [6.07, 6.45) is 0.352. The third kappa shape index (κ3) is 5.88. The second-order valence-electron chi connectivity index (χ2n) is 11.7. The maximum Gasteiger partial charge on any atom is 0.416 e. The highest BCUT2D eigenvalue weighted by Crippen LogP contribution is 2.43. The van der Waals surface area contributed by atoms with Crippen molar-refractivity contribution in [3.05, 3.63) is 86.3 Å². The van der Waals surface area contributed by atoms with Gasteiger partial charge in [-0.05, 0) is 55.2 Å². The summed E-state index contributed by atoms with van der Waals surface area (Å²) >= 11 is 6.10. The van der Waals surface area contributed by atoms with Gasteiger partial charge >= 0.3 is 6.18 Å². The van der Waals surface area contributed by atoms with Gasteiger partial charge in [0.05, 0.1) is 53.0 Å². The van der Waals surface area contributed by atoms with Crippen LogP contribution in [-0.4, -0.2) is 66.4 Å². The molecule has 1 amide bonds. The van der Waals surface area contributed by atoms with Crippen LogP contribution in [-0.2, 0) is 45.7 Å². The minimum atomic E-state index is -4.59. The van der Waals surface area contributed by atoms with Crippen LogP contribution in [0.15, 0.2) is 47.4 Å². The lowest BCUT2D eigenvalue weighted by Crippen LogP contribution is -2.45. The Hall–Kier alpha value is -4.31. The Morgan fingerprint density at radius 2 is 2.00 bits per heavy atom. The number of hydrogen-bond acceptors (Lipinski definition) is 9. The van der Waals surface area contributed by atoms with Gasteiger partial charge in [-0.3, -0.25) is 19.5 Å². The summed E-state index contributed by atoms with van der Waals surface area (Å²) in [5.74, 6) is -0.0133. The monoisotopic (exact) mass is 671 g/mol. The third-order valence-corrected chi connectivity index (χ3v) is 9.13. The molecule has 2 N–H and O–H groups in total. The van der Waals surface area contributed by atoms with Gasteiger partial charge in [-0.25, -0.2) is 0 Å². The Morgan fingerprint density at radius 3 is 2.70 bits per heavy atom. The highest BCUT2D eigenvalue weighted by Gasteiger charge is 2.47. The number of likely N-dealkylation sites (tertiary alicyclic amines) is 1. The highest BCUT2D eigenvalue weighted by molar-refractivity contribution is 6.33. The van der Waals surface area contributed by atoms with Gasteiger partial charge in [0.2, 0.25) is 11.7 Å². The van der Waals surface area contributed by atoms with Gasteiger partial charge < -0.3 is 24.5 Å². The number of carbonyl (C=O) groups is 1. The van der Waals surface area contributed by atoms with Crippen LogP contribution in [0.1, 0.15) is 47.6 Å². The molecule has 3 aliphatic rings. The van der Waals surface area contributed by atoms with E-state index >= 15 is 0 Å². The molecule has 0 radical (unpaired) electrons. The molecule has 4 aromatic rings. The van der Waals surface area contributed by atoms with E-state index in [-0.39, 0.29) is 35.4 Å². The zero-order valence-corrected chi connectivity index (χ0v) is 25.6. The standard InChI is InChI=1S/C31H29ClF3N7O5/c32-20-14-19(31(33,34)35)3-4-21(20)37-25(44)16-41-23-17-47-30(7-10-40(11-8-30)15-22-24(43)2-1-9-36-22)26(23)28(45)42-29(41)38-27(39-42)18-5-12-46-13-6-18/h1-5,9,14,43H,6-8,10-13,15-17H2,(H,37,44). The van der Waals surface area contributed by atoms with Crippen LogP contribution in [0.4, 0.5) is 18.9 Å². The van der Waals surface area contributed by atoms with Crippen molar-refractivity contribution in [1.82, 2.24) is 29.0 Å². The van der Waals surface area contributed by atoms with Crippen molar-refractivity contribution in [3.63, 3.8) is 0 Å². The number of carbonyl (C=O) groups excluding carboxylic acids is 1. The number of ether oxygens (including phenoxy) is 2. The van der Waals surface area contributed by atoms with E-state index in [1.807, 2.05) is 6.08 Å². The molecule has 0 atom stereocenters. The predicted molar refractivity (Wildman–Crippen MR) is 163 cm³/mol. The fourth-order valence-electron chi connectivity index (χ4n) is 6.37. The first-order valence-corrected chi connectivity index (χ1v) is 15.4. The molecule has 0 bridgehead atoms. The summed E-state index contributed by atoms with van der Waals surface area (Å²) in [6.45, 7) is 2.08. The maximum atomic E-state index is 14.2. The van der Waals surface area contributed by atoms with Crippen LogP contribution in [0.25, 0.3) is 11.4 Å². The van der Waals surface area contributed by atoms with Gasteiger partial charge in [0.25, 0.3) is 5.56 Å². The molecule has 3 aliphatic heterocycles. The van der Waals surface area contributed by atoms with Crippen LogP contribution in [0, 0.1) is 0 Å². The minimum absolute atomic E-state index is 0.00642. The van der Waals surface area contributed by atoms with Crippen LogP contribution < -0.4 is 10.9 Å². The molecule has 1 fully saturated rings. The first kappa shape index (κ1) is 31.3. The van der Waals surface area contributed by atoms with E-state index in [4.69, 9.17) is 21.1 Å². The molecule has 0 aliphatic carbocycles. The number of halogens is 4. The number of rotatable bonds is 6. The van der Waals surface area contributed by atoms with Gasteiger partial charge in [-0.15, -0.1) is 5.10 Å². The van der Waals surface area contributed by atoms with Gasteiger partial charge in [-0.1, -0.05) is 17.7 Å². The zero-order valence-electron chi connectivity index (χ0n) is 24.9. The molecule has 1 aromatic carbocycles. The predicted octanol–water partition coefficient (Wildman–Crippen LogP) is 4.13. The number of anilines is 1. The number of aromatic nitrogens is 5. The Morgan fingerprint density at radius 1 is 1.19 bits per heavy atom. The van der Waals surface area contributed by atoms with Crippen molar-refractivity contribution in [2.24, 2.45) is 0 Å². The summed E-state index contributed by atoms with van der Waals surface area (Å²) in [6, 6.07) is 5.92. The van der Waals surface area contributed by atoms with Crippen molar-refractivity contribution in [1.29, 1.82) is 0 Å². The number of alkyl halides is 3. The van der Waals surface area contributed by atoms with E-state index in [1.165, 1.54) is 4.52 Å². The van der Waals surface area contributed by atoms with E-state index in [2.05, 4.69) is 25.3 Å². The van der Waals surface area contributed by atoms with Crippen LogP contribution >= 0.6 is 11.6 Å². The lowest BCUT2D eigenvalue weighted by molar-refractivity contribution is -0.137. The number of fused-ring (bicyclic) bond motifs is 3. The molecular weight excluding hydrogens is 643 g/mol. The fraction of sp³-hybridized carbons (Fsp3) is 0.387. The van der Waals surface area contributed by atoms with Crippen molar-refractivity contribution in [2.75, 3.05) is 31.6 Å². The van der Waals surface area contributed by atoms with Crippen molar-refractivity contribution in [3.8, 4) is 5.75 Å². The fourth-order valence-corrected chi connectivity index (χ4v) is 6.60. The van der Waals surface area contributed by atoms with Crippen LogP contribution in [0.2, 0.25) is 5.02 Å². The molecule has 1 saturated heterocycles. The number of aromatic hydroxyl groups is 1. The second kappa shape index (κ2) is 12.0. The van der Waals surface area contributed by atoms with Crippen LogP contribution in [0.5, 0.6) is 5.75 Å². The molecule has 0 unspecified atom stereocenters. The highest BCUT2D eigenvalue weighted by atomic mass is 35.5. The molecule has 3 aromatic heterocycles. The summed E-state index contributed by atoms with van der Waals surface area (Å²) in [5, 5.41) is 17.1. The van der Waals surface area contributed by atoms with E-state index in [9.17, 15) is 27.9 Å². The summed E-state index contributed by atoms with van der Waals surface area (Å²) in [7, 11) is 0. The average Bonchev–Trinajstić information content (AvgIpc) is 3.66. The normalized spacial score (nSPS) is 18.0. The van der Waals surface area contributed by atoms with E-state index < -0.39 is 28.8 Å². The SMILES string of the molecule is O=C(Cn1c2c(c(=O)n3nc(C4=CCOCC4)nc13)C1(CCN(Cc3ncccc3O)CC1)OC2)Nc1ccc(C(F)(F)F)cc1Cl. The number of piperidine rings is 1. The van der Waals surface area contributed by atoms with Crippen molar-refractivity contribution >= 4 is 34.5 Å². The quantitative estimate of drug-likeness (QED) is 0.310. The molecule has 7 rings (SSSR count). The molecule has 47 heavy (non-hydrogen) atoms. The first-order chi connectivity index (χ1) is 22.5. The largest absolute Gasteiger partial charge is 0.506 e. The van der Waals surface area contributed by atoms with E-state index in [1.54, 1.807) is 22.9 Å². The van der Waals surface area contributed by atoms with E-state index in [0.29, 0.717) is 74.9 Å². The first-order valence-electron chi connectivity index (χ1n) is 15.0. The average molecular weight is 672 g/mol. The number of amides is 1. The van der Waals surface area contributed by atoms with Gasteiger partial charge in [0.15, 0.2) is 5.82 Å². The van der Waals surface area contributed by atoms with Gasteiger partial charge in [-0.2, -0.15) is 22.7 Å². The maximum absolute atomic E-state index is 14.2. The number of nitrogens with zero attached hydrogens (tertiary/aromatic N) is 6. The molecule has 1 spiro atoms. The minimum Gasteiger partial charge on any atom is -0.506 e. The second-order valence-corrected chi connectivity index (χ2v) is 12.1. The Kier molecular flexibility index (Phi) is 8.02. The molecule has 246 valence electrons. The Bertz CT molecular complexity index is 1970. The number of pyridine rings is 1. The number of nitrogens with one attached hydrogen (secondary N) is 1. The summed E-state index contributed by atoms with van der Waals surface area (Å²) < 4.78 is 54.0. The third-order valence-electron chi connectivity index (χ3n) is 8.82. The van der Waals surface area contributed by atoms with E-state index in [0.717, 1.165) is 23.8 Å². The van der Waals surface area contributed by atoms with Crippen LogP contribution in [0.3, 0.4) is 0 Å². The Labute approximate surface area is 270 Å². The number of hydrogen-bond donors (Lipinski definition) is 2. The van der Waals surface area contributed by atoms with Gasteiger partial charge in [0, 0.05) is 25.8 Å². The van der Waals surface area contributed by atoms with Crippen molar-refractivity contribution in [2.45, 2.75) is 50.7 Å². The van der Waals surface area contributed by atoms with Gasteiger partial charge in [0.1, 0.15) is 17.9 Å². The summed E-state index contributed by atoms with van der Waals surface area (Å²) in [4.78, 5) is 38.6. The molecule has 6 heterocycles. The topological polar surface area (TPSA) is 136 Å². The smallest absolute Gasteiger partial charge is 0.416 e. The lowest BCUT2D eigenvalue weighted by atomic mass is 9.85. The Balaban J connectivity index is 1.23. The summed E-state index contributed by atoms with van der Waals surface area (Å²) in [5.41, 5.74) is -0.0354. The molecule has 0 saturated carbocycles. The van der Waals surface area contributed by atoms with Crippen molar-refractivity contribution < 1.29 is 32.5 Å². The zero-order chi connectivity index (χ0) is 32.9. The lowest BCUT2D eigenvalue weighted by Gasteiger charge is -2.38. The molecule has 16 heteroatoms. The number of benzene rings is 1. The molecular formula is C31H29ClF3N7O5. The molecule has 12 nitrogen and oxygen atoms in total.